The van der Waals surface area contributed by atoms with E-state index in [9.17, 15) is 22.8 Å². The van der Waals surface area contributed by atoms with Gasteiger partial charge in [0.25, 0.3) is 0 Å². The SMILES string of the molecule is NC(=O)C(NC1CCC(c2c[nH]c3ccccc23)CC1)C1CCN(C(=O)Cc2ccc(C(F)(F)F)cc2)CC1. The molecule has 1 saturated carbocycles. The fourth-order valence-electron chi connectivity index (χ4n) is 6.29. The van der Waals surface area contributed by atoms with E-state index in [0.717, 1.165) is 43.3 Å². The third-order valence-corrected chi connectivity index (χ3v) is 8.51. The number of aromatic nitrogens is 1. The molecule has 2 amide bonds. The average Bonchev–Trinajstić information content (AvgIpc) is 3.36. The van der Waals surface area contributed by atoms with Crippen LogP contribution < -0.4 is 11.1 Å². The van der Waals surface area contributed by atoms with E-state index in [1.807, 2.05) is 6.07 Å². The summed E-state index contributed by atoms with van der Waals surface area (Å²) in [6, 6.07) is 12.9. The lowest BCUT2D eigenvalue weighted by atomic mass is 9.80. The van der Waals surface area contributed by atoms with Crippen LogP contribution in [0.2, 0.25) is 0 Å². The molecule has 6 nitrogen and oxygen atoms in total. The van der Waals surface area contributed by atoms with E-state index < -0.39 is 17.8 Å². The van der Waals surface area contributed by atoms with Crippen molar-refractivity contribution in [3.63, 3.8) is 0 Å². The Balaban J connectivity index is 1.11. The molecular formula is C30H35F3N4O2. The fourth-order valence-corrected chi connectivity index (χ4v) is 6.29. The number of carbonyl (C=O) groups is 2. The highest BCUT2D eigenvalue weighted by atomic mass is 19.4. The number of fused-ring (bicyclic) bond motifs is 1. The van der Waals surface area contributed by atoms with E-state index in [1.54, 1.807) is 4.90 Å². The number of rotatable bonds is 7. The molecule has 2 fully saturated rings. The number of halogens is 3. The van der Waals surface area contributed by atoms with Crippen LogP contribution in [0.1, 0.15) is 61.1 Å². The summed E-state index contributed by atoms with van der Waals surface area (Å²) in [5.74, 6) is 0.0600. The molecule has 5 rings (SSSR count). The maximum Gasteiger partial charge on any atom is 0.416 e. The lowest BCUT2D eigenvalue weighted by Gasteiger charge is -2.38. The fraction of sp³-hybridized carbons (Fsp3) is 0.467. The Bertz CT molecular complexity index is 1290. The van der Waals surface area contributed by atoms with E-state index in [4.69, 9.17) is 5.73 Å². The molecule has 4 N–H and O–H groups in total. The van der Waals surface area contributed by atoms with Crippen LogP contribution in [0.3, 0.4) is 0 Å². The molecule has 208 valence electrons. The third kappa shape index (κ3) is 6.30. The zero-order valence-corrected chi connectivity index (χ0v) is 21.8. The first kappa shape index (κ1) is 27.2. The van der Waals surface area contributed by atoms with Gasteiger partial charge in [0.05, 0.1) is 18.0 Å². The lowest BCUT2D eigenvalue weighted by molar-refractivity contribution is -0.137. The first-order valence-electron chi connectivity index (χ1n) is 13.7. The van der Waals surface area contributed by atoms with Crippen LogP contribution in [0.4, 0.5) is 13.2 Å². The standard InChI is InChI=1S/C30H35F3N4O2/c31-30(32,33)22-9-5-19(6-10-22)17-27(38)37-15-13-21(14-16-37)28(29(34)39)36-23-11-7-20(8-12-23)25-18-35-26-4-2-1-3-24(25)26/h1-6,9-10,18,20-21,23,28,35-36H,7-8,11-17H2,(H2,34,39). The van der Waals surface area contributed by atoms with Gasteiger partial charge in [-0.05, 0) is 79.7 Å². The summed E-state index contributed by atoms with van der Waals surface area (Å²) in [6.45, 7) is 1.01. The quantitative estimate of drug-likeness (QED) is 0.388. The number of hydrogen-bond donors (Lipinski definition) is 3. The highest BCUT2D eigenvalue weighted by Crippen LogP contribution is 2.37. The van der Waals surface area contributed by atoms with E-state index in [-0.39, 0.29) is 30.2 Å². The summed E-state index contributed by atoms with van der Waals surface area (Å²) in [6.07, 6.45) is 3.13. The molecule has 39 heavy (non-hydrogen) atoms. The Morgan fingerprint density at radius 2 is 1.64 bits per heavy atom. The van der Waals surface area contributed by atoms with Crippen molar-refractivity contribution in [3.05, 3.63) is 71.4 Å². The molecule has 1 unspecified atom stereocenters. The number of amides is 2. The van der Waals surface area contributed by atoms with Crippen molar-refractivity contribution >= 4 is 22.7 Å². The van der Waals surface area contributed by atoms with Crippen LogP contribution in [0.5, 0.6) is 0 Å². The number of nitrogens with zero attached hydrogens (tertiary/aromatic N) is 1. The maximum absolute atomic E-state index is 12.8. The number of primary amides is 1. The molecule has 3 aromatic rings. The maximum atomic E-state index is 12.8. The minimum atomic E-state index is -4.40. The predicted molar refractivity (Wildman–Crippen MR) is 144 cm³/mol. The van der Waals surface area contributed by atoms with Crippen LogP contribution in [0.25, 0.3) is 10.9 Å². The number of nitrogens with two attached hydrogens (primary N) is 1. The van der Waals surface area contributed by atoms with E-state index in [2.05, 4.69) is 34.7 Å². The van der Waals surface area contributed by atoms with E-state index in [1.165, 1.54) is 23.1 Å². The van der Waals surface area contributed by atoms with Gasteiger partial charge in [-0.3, -0.25) is 9.59 Å². The number of nitrogens with one attached hydrogen (secondary N) is 2. The summed E-state index contributed by atoms with van der Waals surface area (Å²) < 4.78 is 38.4. The number of carbonyl (C=O) groups excluding carboxylic acids is 2. The molecule has 1 aliphatic carbocycles. The van der Waals surface area contributed by atoms with Crippen molar-refractivity contribution in [2.24, 2.45) is 11.7 Å². The minimum absolute atomic E-state index is 0.0453. The van der Waals surface area contributed by atoms with Gasteiger partial charge in [0.2, 0.25) is 11.8 Å². The molecule has 2 heterocycles. The van der Waals surface area contributed by atoms with Gasteiger partial charge < -0.3 is 20.9 Å². The Morgan fingerprint density at radius 1 is 0.974 bits per heavy atom. The lowest BCUT2D eigenvalue weighted by Crippen LogP contribution is -2.54. The summed E-state index contributed by atoms with van der Waals surface area (Å²) >= 11 is 0. The number of piperidine rings is 1. The average molecular weight is 541 g/mol. The van der Waals surface area contributed by atoms with Gasteiger partial charge in [-0.1, -0.05) is 30.3 Å². The first-order chi connectivity index (χ1) is 18.7. The molecule has 2 aromatic carbocycles. The molecule has 1 saturated heterocycles. The zero-order valence-electron chi connectivity index (χ0n) is 21.8. The smallest absolute Gasteiger partial charge is 0.368 e. The first-order valence-corrected chi connectivity index (χ1v) is 13.7. The molecule has 1 aromatic heterocycles. The highest BCUT2D eigenvalue weighted by Gasteiger charge is 2.34. The predicted octanol–water partition coefficient (Wildman–Crippen LogP) is 5.14. The van der Waals surface area contributed by atoms with Gasteiger partial charge in [-0.25, -0.2) is 0 Å². The number of para-hydroxylation sites is 1. The summed E-state index contributed by atoms with van der Waals surface area (Å²) in [4.78, 5) is 30.3. The summed E-state index contributed by atoms with van der Waals surface area (Å²) in [7, 11) is 0. The van der Waals surface area contributed by atoms with Crippen LogP contribution in [0, 0.1) is 5.92 Å². The molecule has 0 radical (unpaired) electrons. The number of aromatic amines is 1. The van der Waals surface area contributed by atoms with Crippen LogP contribution >= 0.6 is 0 Å². The van der Waals surface area contributed by atoms with Crippen molar-refractivity contribution in [2.45, 2.75) is 69.1 Å². The number of benzene rings is 2. The monoisotopic (exact) mass is 540 g/mol. The highest BCUT2D eigenvalue weighted by molar-refractivity contribution is 5.83. The normalized spacial score (nSPS) is 21.7. The van der Waals surface area contributed by atoms with Crippen LogP contribution in [-0.4, -0.2) is 46.9 Å². The number of hydrogen-bond acceptors (Lipinski definition) is 3. The second kappa shape index (κ2) is 11.4. The van der Waals surface area contributed by atoms with Gasteiger partial charge in [0.15, 0.2) is 0 Å². The molecule has 1 aliphatic heterocycles. The number of H-pyrrole nitrogens is 1. The summed E-state index contributed by atoms with van der Waals surface area (Å²) in [5, 5.41) is 4.83. The number of alkyl halides is 3. The summed E-state index contributed by atoms with van der Waals surface area (Å²) in [5.41, 5.74) is 8.17. The van der Waals surface area contributed by atoms with Crippen molar-refractivity contribution in [2.75, 3.05) is 13.1 Å². The van der Waals surface area contributed by atoms with Crippen LogP contribution in [0.15, 0.2) is 54.7 Å². The Labute approximate surface area is 226 Å². The van der Waals surface area contributed by atoms with Crippen molar-refractivity contribution in [1.82, 2.24) is 15.2 Å². The topological polar surface area (TPSA) is 91.2 Å². The molecule has 2 aliphatic rings. The Morgan fingerprint density at radius 3 is 2.28 bits per heavy atom. The van der Waals surface area contributed by atoms with Crippen molar-refractivity contribution in [1.29, 1.82) is 0 Å². The second-order valence-corrected chi connectivity index (χ2v) is 11.0. The zero-order chi connectivity index (χ0) is 27.6. The van der Waals surface area contributed by atoms with Gasteiger partial charge in [0, 0.05) is 36.2 Å². The van der Waals surface area contributed by atoms with Gasteiger partial charge >= 0.3 is 6.18 Å². The van der Waals surface area contributed by atoms with Gasteiger partial charge in [-0.15, -0.1) is 0 Å². The van der Waals surface area contributed by atoms with E-state index >= 15 is 0 Å². The largest absolute Gasteiger partial charge is 0.416 e. The minimum Gasteiger partial charge on any atom is -0.368 e. The van der Waals surface area contributed by atoms with Crippen LogP contribution in [-0.2, 0) is 22.2 Å². The Kier molecular flexibility index (Phi) is 7.98. The van der Waals surface area contributed by atoms with Gasteiger partial charge in [0.1, 0.15) is 0 Å². The molecule has 0 bridgehead atoms. The molecule has 1 atom stereocenters. The Hall–Kier alpha value is -3.33. The molecule has 9 heteroatoms. The number of likely N-dealkylation sites (tertiary alicyclic amines) is 1. The third-order valence-electron chi connectivity index (χ3n) is 8.51. The molecular weight excluding hydrogens is 505 g/mol. The van der Waals surface area contributed by atoms with Crippen molar-refractivity contribution < 1.29 is 22.8 Å². The van der Waals surface area contributed by atoms with Gasteiger partial charge in [-0.2, -0.15) is 13.2 Å². The van der Waals surface area contributed by atoms with Crippen molar-refractivity contribution in [3.8, 4) is 0 Å². The molecule has 0 spiro atoms. The van der Waals surface area contributed by atoms with E-state index in [0.29, 0.717) is 37.4 Å². The second-order valence-electron chi connectivity index (χ2n) is 11.0.